The van der Waals surface area contributed by atoms with Crippen molar-refractivity contribution in [2.24, 2.45) is 0 Å². The van der Waals surface area contributed by atoms with Crippen molar-refractivity contribution in [3.05, 3.63) is 93.5 Å². The first-order valence-corrected chi connectivity index (χ1v) is 10.6. The van der Waals surface area contributed by atoms with E-state index in [9.17, 15) is 22.8 Å². The average Bonchev–Trinajstić information content (AvgIpc) is 3.30. The van der Waals surface area contributed by atoms with Gasteiger partial charge in [-0.2, -0.15) is 18.3 Å². The van der Waals surface area contributed by atoms with Gasteiger partial charge in [0.05, 0.1) is 23.1 Å². The Labute approximate surface area is 202 Å². The molecule has 11 heteroatoms. The van der Waals surface area contributed by atoms with Crippen molar-refractivity contribution in [3.63, 3.8) is 0 Å². The molecular formula is C24H18ClF3N4O3. The number of halogens is 4. The van der Waals surface area contributed by atoms with Gasteiger partial charge >= 0.3 is 12.3 Å². The molecule has 0 spiro atoms. The third-order valence-corrected chi connectivity index (χ3v) is 5.49. The molecule has 1 amide bonds. The molecule has 0 unspecified atom stereocenters. The lowest BCUT2D eigenvalue weighted by Crippen LogP contribution is -2.29. The first-order chi connectivity index (χ1) is 16.6. The fourth-order valence-electron chi connectivity index (χ4n) is 3.59. The van der Waals surface area contributed by atoms with Crippen LogP contribution in [0.2, 0.25) is 5.02 Å². The summed E-state index contributed by atoms with van der Waals surface area (Å²) in [5.41, 5.74) is 0.122. The molecule has 4 rings (SSSR count). The van der Waals surface area contributed by atoms with E-state index in [-0.39, 0.29) is 11.4 Å². The maximum Gasteiger partial charge on any atom is 0.416 e. The fourth-order valence-corrected chi connectivity index (χ4v) is 3.72. The number of hydrogen-bond acceptors (Lipinski definition) is 4. The number of alkyl halides is 3. The largest absolute Gasteiger partial charge is 0.416 e. The Kier molecular flexibility index (Phi) is 6.40. The van der Waals surface area contributed by atoms with Gasteiger partial charge in [-0.1, -0.05) is 17.7 Å². The van der Waals surface area contributed by atoms with Gasteiger partial charge in [0.2, 0.25) is 0 Å². The summed E-state index contributed by atoms with van der Waals surface area (Å²) in [6.07, 6.45) is -3.99. The molecule has 0 radical (unpaired) electrons. The Hall–Kier alpha value is -4.05. The van der Waals surface area contributed by atoms with Gasteiger partial charge < -0.3 is 10.1 Å². The van der Waals surface area contributed by atoms with Crippen molar-refractivity contribution >= 4 is 17.7 Å². The molecular weight excluding hydrogens is 485 g/mol. The van der Waals surface area contributed by atoms with Crippen LogP contribution in [0.25, 0.3) is 22.6 Å². The number of pyridine rings is 1. The zero-order valence-electron chi connectivity index (χ0n) is 18.4. The van der Waals surface area contributed by atoms with Gasteiger partial charge in [0.1, 0.15) is 0 Å². The monoisotopic (exact) mass is 502 g/mol. The maximum absolute atomic E-state index is 13.4. The highest BCUT2D eigenvalue weighted by Gasteiger charge is 2.31. The zero-order valence-corrected chi connectivity index (χ0v) is 19.2. The second-order valence-electron chi connectivity index (χ2n) is 7.44. The molecule has 0 aliphatic carbocycles. The van der Waals surface area contributed by atoms with E-state index in [1.54, 1.807) is 41.9 Å². The van der Waals surface area contributed by atoms with Crippen LogP contribution in [0.15, 0.2) is 71.7 Å². The van der Waals surface area contributed by atoms with Crippen LogP contribution in [-0.2, 0) is 6.18 Å². The van der Waals surface area contributed by atoms with Crippen molar-refractivity contribution in [2.45, 2.75) is 13.1 Å². The van der Waals surface area contributed by atoms with Crippen molar-refractivity contribution in [2.75, 3.05) is 7.05 Å². The molecule has 0 fully saturated rings. The summed E-state index contributed by atoms with van der Waals surface area (Å²) in [4.78, 5) is 25.2. The van der Waals surface area contributed by atoms with E-state index >= 15 is 0 Å². The van der Waals surface area contributed by atoms with Crippen molar-refractivity contribution < 1.29 is 22.7 Å². The zero-order chi connectivity index (χ0) is 25.3. The number of nitrogens with one attached hydrogen (secondary N) is 1. The topological polar surface area (TPSA) is 78.2 Å². The molecule has 0 saturated heterocycles. The summed E-state index contributed by atoms with van der Waals surface area (Å²) < 4.78 is 47.9. The van der Waals surface area contributed by atoms with E-state index in [0.717, 1.165) is 16.7 Å². The van der Waals surface area contributed by atoms with E-state index < -0.39 is 23.4 Å². The van der Waals surface area contributed by atoms with E-state index in [0.29, 0.717) is 27.7 Å². The minimum Gasteiger partial charge on any atom is -0.404 e. The Balaban J connectivity index is 1.98. The molecule has 0 bridgehead atoms. The van der Waals surface area contributed by atoms with Crippen LogP contribution in [0.5, 0.6) is 5.75 Å². The number of aromatic nitrogens is 3. The smallest absolute Gasteiger partial charge is 0.404 e. The van der Waals surface area contributed by atoms with E-state index in [2.05, 4.69) is 10.4 Å². The Morgan fingerprint density at radius 3 is 2.43 bits per heavy atom. The third-order valence-electron chi connectivity index (χ3n) is 5.24. The summed E-state index contributed by atoms with van der Waals surface area (Å²) in [5, 5.41) is 7.11. The first kappa shape index (κ1) is 24.1. The normalized spacial score (nSPS) is 11.4. The van der Waals surface area contributed by atoms with Crippen molar-refractivity contribution in [3.8, 4) is 28.4 Å². The van der Waals surface area contributed by atoms with Crippen LogP contribution >= 0.6 is 11.6 Å². The Morgan fingerprint density at radius 2 is 1.77 bits per heavy atom. The van der Waals surface area contributed by atoms with Crippen molar-refractivity contribution in [1.29, 1.82) is 0 Å². The van der Waals surface area contributed by atoms with E-state index in [1.165, 1.54) is 31.4 Å². The van der Waals surface area contributed by atoms with Crippen LogP contribution in [0.4, 0.5) is 18.0 Å². The number of benzene rings is 2. The number of carbonyl (C=O) groups excluding carboxylic acids is 1. The number of carbonyl (C=O) groups is 1. The van der Waals surface area contributed by atoms with E-state index in [1.807, 2.05) is 0 Å². The Bertz CT molecular complexity index is 1460. The predicted molar refractivity (Wildman–Crippen MR) is 124 cm³/mol. The number of ether oxygens (including phenoxy) is 1. The second kappa shape index (κ2) is 9.30. The summed E-state index contributed by atoms with van der Waals surface area (Å²) in [5.74, 6) is -0.369. The lowest BCUT2D eigenvalue weighted by Gasteiger charge is -2.18. The minimum absolute atomic E-state index is 0.0384. The number of amides is 1. The molecule has 1 N–H and O–H groups in total. The second-order valence-corrected chi connectivity index (χ2v) is 7.88. The molecule has 4 aromatic rings. The third kappa shape index (κ3) is 4.78. The van der Waals surface area contributed by atoms with Gasteiger partial charge in [-0.15, -0.1) is 0 Å². The molecule has 180 valence electrons. The van der Waals surface area contributed by atoms with E-state index in [4.69, 9.17) is 16.3 Å². The Morgan fingerprint density at radius 1 is 1.06 bits per heavy atom. The molecule has 0 saturated carbocycles. The summed E-state index contributed by atoms with van der Waals surface area (Å²) >= 11 is 5.99. The predicted octanol–water partition coefficient (Wildman–Crippen LogP) is 5.39. The molecule has 2 aromatic carbocycles. The average molecular weight is 503 g/mol. The van der Waals surface area contributed by atoms with Crippen LogP contribution in [0.1, 0.15) is 11.3 Å². The molecule has 7 nitrogen and oxygen atoms in total. The lowest BCUT2D eigenvalue weighted by atomic mass is 10.1. The summed E-state index contributed by atoms with van der Waals surface area (Å²) in [7, 11) is 1.32. The molecule has 35 heavy (non-hydrogen) atoms. The van der Waals surface area contributed by atoms with Crippen LogP contribution in [0.3, 0.4) is 0 Å². The van der Waals surface area contributed by atoms with Gasteiger partial charge in [-0.25, -0.2) is 9.48 Å². The number of nitrogens with zero attached hydrogens (tertiary/aromatic N) is 3. The molecule has 0 atom stereocenters. The SMILES string of the molecule is CNC(=O)Oc1cc(-c2ccnn2-c2ccc(Cl)cc2)c(C)n(-c2cccc(C(F)(F)F)c2)c1=O. The number of rotatable bonds is 4. The highest BCUT2D eigenvalue weighted by molar-refractivity contribution is 6.30. The van der Waals surface area contributed by atoms with Gasteiger partial charge in [-0.05, 0) is 61.5 Å². The summed E-state index contributed by atoms with van der Waals surface area (Å²) in [6, 6.07) is 14.2. The van der Waals surface area contributed by atoms with Crippen LogP contribution in [-0.4, -0.2) is 27.5 Å². The quantitative estimate of drug-likeness (QED) is 0.406. The standard InChI is InChI=1S/C24H18ClF3N4O3/c1-14-19(20-10-11-30-32(20)17-8-6-16(25)7-9-17)13-21(35-23(34)29-2)22(33)31(14)18-5-3-4-15(12-18)24(26,27)28/h3-13H,1-2H3,(H,29,34). The van der Waals surface area contributed by atoms with Crippen molar-refractivity contribution in [1.82, 2.24) is 19.7 Å². The highest BCUT2D eigenvalue weighted by atomic mass is 35.5. The number of hydrogen-bond donors (Lipinski definition) is 1. The van der Waals surface area contributed by atoms with Crippen LogP contribution < -0.4 is 15.6 Å². The molecule has 2 heterocycles. The maximum atomic E-state index is 13.4. The van der Waals surface area contributed by atoms with Crippen LogP contribution in [0, 0.1) is 6.92 Å². The molecule has 2 aromatic heterocycles. The highest BCUT2D eigenvalue weighted by Crippen LogP contribution is 2.32. The molecule has 0 aliphatic heterocycles. The summed E-state index contributed by atoms with van der Waals surface area (Å²) in [6.45, 7) is 1.58. The van der Waals surface area contributed by atoms with Gasteiger partial charge in [0.15, 0.2) is 5.75 Å². The minimum atomic E-state index is -4.61. The lowest BCUT2D eigenvalue weighted by molar-refractivity contribution is -0.137. The van der Waals surface area contributed by atoms with Gasteiger partial charge in [0.25, 0.3) is 5.56 Å². The van der Waals surface area contributed by atoms with Gasteiger partial charge in [0, 0.05) is 29.0 Å². The first-order valence-electron chi connectivity index (χ1n) is 10.2. The fraction of sp³-hybridized carbons (Fsp3) is 0.125. The molecule has 0 aliphatic rings. The van der Waals surface area contributed by atoms with Gasteiger partial charge in [-0.3, -0.25) is 9.36 Å².